The summed E-state index contributed by atoms with van der Waals surface area (Å²) < 4.78 is 18.2. The molecule has 0 spiro atoms. The zero-order valence-corrected chi connectivity index (χ0v) is 27.0. The number of benzene rings is 4. The molecule has 0 radical (unpaired) electrons. The van der Waals surface area contributed by atoms with E-state index in [2.05, 4.69) is 27.2 Å². The van der Waals surface area contributed by atoms with E-state index in [-0.39, 0.29) is 53.9 Å². The summed E-state index contributed by atoms with van der Waals surface area (Å²) in [5.41, 5.74) is 5.08. The summed E-state index contributed by atoms with van der Waals surface area (Å²) >= 11 is 1.64. The maximum atomic E-state index is 12.9. The fourth-order valence-corrected chi connectivity index (χ4v) is 6.99. The van der Waals surface area contributed by atoms with Crippen molar-refractivity contribution >= 4 is 29.6 Å². The van der Waals surface area contributed by atoms with E-state index in [0.29, 0.717) is 5.75 Å². The second-order valence-electron chi connectivity index (χ2n) is 11.7. The lowest BCUT2D eigenvalue weighted by molar-refractivity contribution is -0.255. The number of pyridine rings is 1. The minimum atomic E-state index is -0.755. The molecule has 4 aromatic carbocycles. The Morgan fingerprint density at radius 2 is 1.47 bits per heavy atom. The van der Waals surface area contributed by atoms with Gasteiger partial charge >= 0.3 is 11.9 Å². The van der Waals surface area contributed by atoms with Crippen LogP contribution in [0.15, 0.2) is 126 Å². The highest BCUT2D eigenvalue weighted by atomic mass is 32.2. The Labute approximate surface area is 287 Å². The Morgan fingerprint density at radius 3 is 2.20 bits per heavy atom. The van der Waals surface area contributed by atoms with Crippen LogP contribution in [-0.2, 0) is 27.4 Å². The molecule has 1 aromatic heterocycles. The van der Waals surface area contributed by atoms with E-state index in [1.54, 1.807) is 18.0 Å². The normalized spacial score (nSPS) is 20.0. The maximum absolute atomic E-state index is 12.9. The van der Waals surface area contributed by atoms with Crippen molar-refractivity contribution in [3.05, 3.63) is 166 Å². The average molecular weight is 673 g/mol. The van der Waals surface area contributed by atoms with Crippen LogP contribution in [0, 0.1) is 0 Å². The third kappa shape index (κ3) is 7.18. The number of amides is 1. The number of aliphatic hydroxyl groups is 1. The molecule has 246 valence electrons. The average Bonchev–Trinajstić information content (AvgIpc) is 3.45. The highest BCUT2D eigenvalue weighted by Crippen LogP contribution is 2.48. The number of cyclic esters (lactones) is 2. The number of aromatic nitrogens is 1. The summed E-state index contributed by atoms with van der Waals surface area (Å²) in [6.45, 7) is 0.198. The van der Waals surface area contributed by atoms with Crippen LogP contribution in [0.4, 0.5) is 0 Å². The Morgan fingerprint density at radius 1 is 0.755 bits per heavy atom. The van der Waals surface area contributed by atoms with E-state index in [0.717, 1.165) is 32.8 Å². The van der Waals surface area contributed by atoms with Gasteiger partial charge in [0, 0.05) is 35.5 Å². The highest BCUT2D eigenvalue weighted by molar-refractivity contribution is 7.99. The molecule has 4 unspecified atom stereocenters. The number of thioether (sulfide) groups is 1. The first-order valence-corrected chi connectivity index (χ1v) is 16.8. The summed E-state index contributed by atoms with van der Waals surface area (Å²) in [5.74, 6) is -1.33. The Hall–Kier alpha value is -5.13. The van der Waals surface area contributed by atoms with Gasteiger partial charge in [0.05, 0.1) is 35.0 Å². The Kier molecular flexibility index (Phi) is 9.63. The van der Waals surface area contributed by atoms with Crippen molar-refractivity contribution in [3.8, 4) is 0 Å². The Balaban J connectivity index is 1.11. The molecular formula is C39H32N2O7S. The van der Waals surface area contributed by atoms with Gasteiger partial charge in [-0.3, -0.25) is 4.79 Å². The smallest absolute Gasteiger partial charge is 0.346 e. The lowest BCUT2D eigenvalue weighted by Gasteiger charge is -2.43. The third-order valence-electron chi connectivity index (χ3n) is 8.62. The minimum absolute atomic E-state index is 0.0429. The zero-order chi connectivity index (χ0) is 33.7. The van der Waals surface area contributed by atoms with Gasteiger partial charge in [0.1, 0.15) is 0 Å². The van der Waals surface area contributed by atoms with Crippen molar-refractivity contribution in [1.29, 1.82) is 0 Å². The molecule has 0 bridgehead atoms. The molecule has 2 N–H and O–H groups in total. The van der Waals surface area contributed by atoms with Gasteiger partial charge in [0.25, 0.3) is 5.91 Å². The fraction of sp³-hybridized carbons (Fsp3) is 0.179. The van der Waals surface area contributed by atoms with Crippen LogP contribution in [0.2, 0.25) is 0 Å². The summed E-state index contributed by atoms with van der Waals surface area (Å²) in [6.07, 6.45) is 0.523. The van der Waals surface area contributed by atoms with Crippen LogP contribution >= 0.6 is 11.8 Å². The predicted octanol–water partition coefficient (Wildman–Crippen LogP) is 6.55. The maximum Gasteiger partial charge on any atom is 0.346 e. The van der Waals surface area contributed by atoms with E-state index in [1.165, 1.54) is 18.2 Å². The number of ether oxygens (including phenoxy) is 3. The summed E-state index contributed by atoms with van der Waals surface area (Å²) in [6, 6.07) is 35.9. The van der Waals surface area contributed by atoms with Crippen molar-refractivity contribution in [2.45, 2.75) is 42.6 Å². The molecule has 2 aliphatic heterocycles. The van der Waals surface area contributed by atoms with E-state index < -0.39 is 18.2 Å². The molecule has 1 saturated heterocycles. The molecule has 9 nitrogen and oxygen atoms in total. The van der Waals surface area contributed by atoms with Gasteiger partial charge in [-0.05, 0) is 52.6 Å². The van der Waals surface area contributed by atoms with Gasteiger partial charge in [-0.25, -0.2) is 14.6 Å². The zero-order valence-electron chi connectivity index (χ0n) is 26.2. The van der Waals surface area contributed by atoms with Gasteiger partial charge in [-0.2, -0.15) is 0 Å². The molecule has 1 fully saturated rings. The van der Waals surface area contributed by atoms with Crippen molar-refractivity contribution in [1.82, 2.24) is 10.3 Å². The number of esters is 2. The van der Waals surface area contributed by atoms with Crippen LogP contribution in [0.5, 0.6) is 0 Å². The molecule has 1 amide bonds. The number of aliphatic hydroxyl groups excluding tert-OH is 1. The number of fused-ring (bicyclic) bond motifs is 1. The second-order valence-corrected chi connectivity index (χ2v) is 12.8. The summed E-state index contributed by atoms with van der Waals surface area (Å²) in [5, 5.41) is 13.4. The van der Waals surface area contributed by atoms with Crippen LogP contribution in [0.3, 0.4) is 0 Å². The molecule has 10 heteroatoms. The number of rotatable bonds is 10. The van der Waals surface area contributed by atoms with Crippen molar-refractivity contribution < 1.29 is 33.7 Å². The fourth-order valence-electron chi connectivity index (χ4n) is 6.06. The lowest BCUT2D eigenvalue weighted by atomic mass is 9.84. The number of carbonyl (C=O) groups is 3. The first-order valence-electron chi connectivity index (χ1n) is 15.8. The van der Waals surface area contributed by atoms with Crippen molar-refractivity contribution in [2.75, 3.05) is 5.75 Å². The SMILES string of the molecule is O=C(NCc1ccc(C2OC(CSc3ccccn3)C(c3ccccc3)C(c3ccc(CO)cc3)O2)cc1)c1ccc2c(c1)C(=O)OC2=O. The van der Waals surface area contributed by atoms with Crippen LogP contribution < -0.4 is 5.32 Å². The second kappa shape index (κ2) is 14.6. The van der Waals surface area contributed by atoms with E-state index in [4.69, 9.17) is 9.47 Å². The number of hydrogen-bond donors (Lipinski definition) is 2. The van der Waals surface area contributed by atoms with Crippen LogP contribution in [0.25, 0.3) is 0 Å². The predicted molar refractivity (Wildman–Crippen MR) is 182 cm³/mol. The van der Waals surface area contributed by atoms with E-state index in [1.807, 2.05) is 84.9 Å². The molecule has 0 saturated carbocycles. The molecule has 49 heavy (non-hydrogen) atoms. The largest absolute Gasteiger partial charge is 0.392 e. The van der Waals surface area contributed by atoms with Gasteiger partial charge in [0.2, 0.25) is 0 Å². The number of nitrogens with zero attached hydrogens (tertiary/aromatic N) is 1. The summed E-state index contributed by atoms with van der Waals surface area (Å²) in [7, 11) is 0. The van der Waals surface area contributed by atoms with Crippen molar-refractivity contribution in [2.24, 2.45) is 0 Å². The van der Waals surface area contributed by atoms with Gasteiger partial charge < -0.3 is 24.6 Å². The summed E-state index contributed by atoms with van der Waals surface area (Å²) in [4.78, 5) is 41.0. The van der Waals surface area contributed by atoms with Gasteiger partial charge in [0.15, 0.2) is 6.29 Å². The first kappa shape index (κ1) is 32.4. The monoisotopic (exact) mass is 672 g/mol. The molecule has 3 heterocycles. The number of carbonyl (C=O) groups excluding carboxylic acids is 3. The minimum Gasteiger partial charge on any atom is -0.392 e. The lowest BCUT2D eigenvalue weighted by Crippen LogP contribution is -2.38. The van der Waals surface area contributed by atoms with Gasteiger partial charge in [-0.15, -0.1) is 11.8 Å². The first-order chi connectivity index (χ1) is 24.0. The van der Waals surface area contributed by atoms with Crippen LogP contribution in [-0.4, -0.2) is 39.8 Å². The third-order valence-corrected chi connectivity index (χ3v) is 9.65. The number of nitrogens with one attached hydrogen (secondary N) is 1. The van der Waals surface area contributed by atoms with Crippen LogP contribution in [0.1, 0.15) is 77.2 Å². The topological polar surface area (TPSA) is 124 Å². The van der Waals surface area contributed by atoms with E-state index >= 15 is 0 Å². The molecular weight excluding hydrogens is 641 g/mol. The molecule has 7 rings (SSSR count). The highest BCUT2D eigenvalue weighted by Gasteiger charge is 2.42. The molecule has 4 atom stereocenters. The molecule has 2 aliphatic rings. The molecule has 0 aliphatic carbocycles. The van der Waals surface area contributed by atoms with E-state index in [9.17, 15) is 19.5 Å². The number of hydrogen-bond acceptors (Lipinski definition) is 9. The van der Waals surface area contributed by atoms with Gasteiger partial charge in [-0.1, -0.05) is 84.9 Å². The Bertz CT molecular complexity index is 1950. The molecule has 5 aromatic rings. The quantitative estimate of drug-likeness (QED) is 0.0966. The standard InChI is InChI=1S/C39H32N2O7S/c42-22-25-11-13-27(14-12-25)35-34(26-6-2-1-3-7-26)32(23-49-33-8-4-5-19-40-33)46-39(47-35)28-15-9-24(10-16-28)21-41-36(43)29-17-18-30-31(20-29)38(45)48-37(30)44/h1-20,32,34-35,39,42H,21-23H2,(H,41,43). The van der Waals surface area contributed by atoms with Crippen molar-refractivity contribution in [3.63, 3.8) is 0 Å².